The summed E-state index contributed by atoms with van der Waals surface area (Å²) in [4.78, 5) is 7.74. The van der Waals surface area contributed by atoms with Crippen molar-refractivity contribution in [2.75, 3.05) is 5.32 Å². The van der Waals surface area contributed by atoms with Crippen LogP contribution in [0.25, 0.3) is 11.0 Å². The monoisotopic (exact) mass is 370 g/mol. The Morgan fingerprint density at radius 3 is 2.84 bits per heavy atom. The van der Waals surface area contributed by atoms with E-state index in [-0.39, 0.29) is 0 Å². The molecule has 0 bridgehead atoms. The van der Waals surface area contributed by atoms with E-state index in [2.05, 4.69) is 50.9 Å². The van der Waals surface area contributed by atoms with Gasteiger partial charge in [-0.15, -0.1) is 0 Å². The van der Waals surface area contributed by atoms with Crippen LogP contribution >= 0.6 is 22.6 Å². The normalized spacial score (nSPS) is 23.7. The van der Waals surface area contributed by atoms with Crippen molar-refractivity contribution in [2.24, 2.45) is 5.73 Å². The summed E-state index contributed by atoms with van der Waals surface area (Å²) in [5.41, 5.74) is 9.30. The van der Waals surface area contributed by atoms with Crippen LogP contribution in [0.1, 0.15) is 31.4 Å². The minimum atomic E-state index is 0.393. The van der Waals surface area contributed by atoms with Gasteiger partial charge in [-0.1, -0.05) is 0 Å². The zero-order valence-electron chi connectivity index (χ0n) is 11.0. The van der Waals surface area contributed by atoms with Gasteiger partial charge in [0, 0.05) is 29.4 Å². The van der Waals surface area contributed by atoms with Gasteiger partial charge in [0.1, 0.15) is 5.65 Å². The molecule has 2 heterocycles. The molecule has 0 atom stereocenters. The van der Waals surface area contributed by atoms with Crippen LogP contribution in [0.3, 0.4) is 0 Å². The maximum Gasteiger partial charge on any atom is 0.139 e. The van der Waals surface area contributed by atoms with Crippen LogP contribution in [0.2, 0.25) is 0 Å². The quantitative estimate of drug-likeness (QED) is 0.712. The first-order valence-electron chi connectivity index (χ1n) is 6.79. The van der Waals surface area contributed by atoms with E-state index in [1.165, 1.54) is 14.6 Å². The molecular weight excluding hydrogens is 351 g/mol. The summed E-state index contributed by atoms with van der Waals surface area (Å²) in [6.07, 6.45) is 6.48. The number of H-pyrrole nitrogens is 1. The Morgan fingerprint density at radius 1 is 1.37 bits per heavy atom. The number of fused-ring (bicyclic) bond motifs is 1. The van der Waals surface area contributed by atoms with Crippen LogP contribution in [0, 0.1) is 10.5 Å². The Kier molecular flexibility index (Phi) is 3.66. The fourth-order valence-corrected chi connectivity index (χ4v) is 3.38. The number of halogens is 1. The average molecular weight is 370 g/mol. The Labute approximate surface area is 126 Å². The molecule has 1 fully saturated rings. The van der Waals surface area contributed by atoms with Gasteiger partial charge in [0.15, 0.2) is 0 Å². The molecule has 0 aliphatic heterocycles. The number of aromatic amines is 1. The highest BCUT2D eigenvalue weighted by atomic mass is 127. The highest BCUT2D eigenvalue weighted by Crippen LogP contribution is 2.30. The third-order valence-electron chi connectivity index (χ3n) is 3.87. The number of aryl methyl sites for hydroxylation is 1. The summed E-state index contributed by atoms with van der Waals surface area (Å²) in [6.45, 7) is 2.07. The van der Waals surface area contributed by atoms with Crippen molar-refractivity contribution in [3.05, 3.63) is 21.5 Å². The minimum Gasteiger partial charge on any atom is -0.381 e. The first kappa shape index (κ1) is 13.2. The largest absolute Gasteiger partial charge is 0.381 e. The lowest BCUT2D eigenvalue weighted by atomic mass is 9.91. The molecule has 102 valence electrons. The molecule has 5 heteroatoms. The second-order valence-electron chi connectivity index (χ2n) is 5.45. The van der Waals surface area contributed by atoms with Crippen molar-refractivity contribution in [3.63, 3.8) is 0 Å². The molecule has 0 unspecified atom stereocenters. The van der Waals surface area contributed by atoms with E-state index < -0.39 is 0 Å². The first-order valence-corrected chi connectivity index (χ1v) is 7.87. The average Bonchev–Trinajstić information content (AvgIpc) is 2.76. The van der Waals surface area contributed by atoms with Crippen molar-refractivity contribution in [2.45, 2.75) is 44.7 Å². The van der Waals surface area contributed by atoms with E-state index in [0.29, 0.717) is 12.1 Å². The summed E-state index contributed by atoms with van der Waals surface area (Å²) in [7, 11) is 0. The lowest BCUT2D eigenvalue weighted by Gasteiger charge is -2.28. The smallest absolute Gasteiger partial charge is 0.139 e. The van der Waals surface area contributed by atoms with Crippen LogP contribution in [0.4, 0.5) is 5.69 Å². The van der Waals surface area contributed by atoms with Crippen LogP contribution in [-0.2, 0) is 0 Å². The zero-order valence-corrected chi connectivity index (χ0v) is 13.2. The van der Waals surface area contributed by atoms with Crippen molar-refractivity contribution in [1.29, 1.82) is 0 Å². The number of hydrogen-bond acceptors (Lipinski definition) is 3. The summed E-state index contributed by atoms with van der Waals surface area (Å²) in [6, 6.07) is 3.10. The Morgan fingerprint density at radius 2 is 2.11 bits per heavy atom. The predicted molar refractivity (Wildman–Crippen MR) is 87.4 cm³/mol. The number of nitrogens with two attached hydrogens (primary N) is 1. The Bertz CT molecular complexity index is 584. The van der Waals surface area contributed by atoms with E-state index in [1.807, 2.05) is 6.20 Å². The fourth-order valence-electron chi connectivity index (χ4n) is 2.80. The third-order valence-corrected chi connectivity index (χ3v) is 4.68. The number of aromatic nitrogens is 2. The highest BCUT2D eigenvalue weighted by Gasteiger charge is 2.20. The predicted octanol–water partition coefficient (Wildman–Crippen LogP) is 3.16. The molecule has 1 saturated carbocycles. The zero-order chi connectivity index (χ0) is 13.4. The summed E-state index contributed by atoms with van der Waals surface area (Å²) < 4.78 is 1.18. The molecule has 3 rings (SSSR count). The second kappa shape index (κ2) is 5.28. The van der Waals surface area contributed by atoms with Gasteiger partial charge in [-0.2, -0.15) is 0 Å². The molecule has 0 radical (unpaired) electrons. The minimum absolute atomic E-state index is 0.393. The van der Waals surface area contributed by atoms with Crippen molar-refractivity contribution in [1.82, 2.24) is 9.97 Å². The van der Waals surface area contributed by atoms with E-state index in [9.17, 15) is 0 Å². The van der Waals surface area contributed by atoms with Gasteiger partial charge in [0.05, 0.1) is 9.26 Å². The second-order valence-corrected chi connectivity index (χ2v) is 6.61. The molecular formula is C14H19IN4. The van der Waals surface area contributed by atoms with Gasteiger partial charge < -0.3 is 16.0 Å². The molecule has 1 aliphatic rings. The van der Waals surface area contributed by atoms with Gasteiger partial charge >= 0.3 is 0 Å². The molecule has 0 amide bonds. The fraction of sp³-hybridized carbons (Fsp3) is 0.500. The number of nitrogens with one attached hydrogen (secondary N) is 2. The molecule has 0 aromatic carbocycles. The highest BCUT2D eigenvalue weighted by molar-refractivity contribution is 14.1. The molecule has 2 aromatic heterocycles. The number of hydrogen-bond donors (Lipinski definition) is 3. The number of pyridine rings is 1. The topological polar surface area (TPSA) is 66.7 Å². The van der Waals surface area contributed by atoms with Gasteiger partial charge in [-0.25, -0.2) is 4.98 Å². The van der Waals surface area contributed by atoms with Crippen LogP contribution in [0.5, 0.6) is 0 Å². The van der Waals surface area contributed by atoms with Crippen molar-refractivity contribution in [3.8, 4) is 0 Å². The summed E-state index contributed by atoms with van der Waals surface area (Å²) in [5.74, 6) is 0. The molecule has 1 aliphatic carbocycles. The number of rotatable bonds is 2. The van der Waals surface area contributed by atoms with Crippen molar-refractivity contribution >= 4 is 39.3 Å². The lowest BCUT2D eigenvalue weighted by Crippen LogP contribution is -2.33. The van der Waals surface area contributed by atoms with E-state index >= 15 is 0 Å². The van der Waals surface area contributed by atoms with Crippen LogP contribution in [-0.4, -0.2) is 22.1 Å². The number of nitrogens with zero attached hydrogens (tertiary/aromatic N) is 1. The maximum atomic E-state index is 5.97. The molecule has 19 heavy (non-hydrogen) atoms. The first-order chi connectivity index (χ1) is 9.13. The van der Waals surface area contributed by atoms with Gasteiger partial charge in [0.2, 0.25) is 0 Å². The van der Waals surface area contributed by atoms with Gasteiger partial charge in [-0.05, 0) is 61.3 Å². The lowest BCUT2D eigenvalue weighted by molar-refractivity contribution is 0.411. The molecule has 4 nitrogen and oxygen atoms in total. The molecule has 0 spiro atoms. The molecule has 0 saturated heterocycles. The summed E-state index contributed by atoms with van der Waals surface area (Å²) in [5, 5.41) is 4.90. The Hall–Kier alpha value is -0.820. The van der Waals surface area contributed by atoms with Crippen LogP contribution < -0.4 is 11.1 Å². The SMILES string of the molecule is Cc1cc2c(NC3CCC(N)CC3)c(I)cnc2[nH]1. The van der Waals surface area contributed by atoms with Gasteiger partial charge in [-0.3, -0.25) is 0 Å². The maximum absolute atomic E-state index is 5.97. The molecule has 2 aromatic rings. The van der Waals surface area contributed by atoms with E-state index in [4.69, 9.17) is 5.73 Å². The summed E-state index contributed by atoms with van der Waals surface area (Å²) >= 11 is 2.35. The number of anilines is 1. The Balaban J connectivity index is 1.89. The third kappa shape index (κ3) is 2.72. The standard InChI is InChI=1S/C14H19IN4/c1-8-6-11-13(12(15)7-17-14(11)18-8)19-10-4-2-9(16)3-5-10/h6-7,9-10H,2-5,16H2,1H3,(H2,17,18,19). The van der Waals surface area contributed by atoms with E-state index in [1.54, 1.807) is 0 Å². The van der Waals surface area contributed by atoms with Gasteiger partial charge in [0.25, 0.3) is 0 Å². The molecule has 4 N–H and O–H groups in total. The van der Waals surface area contributed by atoms with Crippen molar-refractivity contribution < 1.29 is 0 Å². The van der Waals surface area contributed by atoms with E-state index in [0.717, 1.165) is 37.0 Å². The van der Waals surface area contributed by atoms with Crippen LogP contribution in [0.15, 0.2) is 12.3 Å².